The number of nitriles is 1. The van der Waals surface area contributed by atoms with E-state index < -0.39 is 0 Å². The van der Waals surface area contributed by atoms with E-state index in [-0.39, 0.29) is 0 Å². The van der Waals surface area contributed by atoms with Gasteiger partial charge in [0.25, 0.3) is 0 Å². The zero-order chi connectivity index (χ0) is 11.8. The number of anilines is 1. The van der Waals surface area contributed by atoms with E-state index in [4.69, 9.17) is 16.9 Å². The molecule has 0 saturated carbocycles. The molecule has 2 nitrogen and oxygen atoms in total. The first-order valence-electron chi connectivity index (χ1n) is 4.90. The lowest BCUT2D eigenvalue weighted by Gasteiger charge is -2.07. The van der Waals surface area contributed by atoms with Gasteiger partial charge in [0.2, 0.25) is 0 Å². The molecule has 0 radical (unpaired) electrons. The number of hydrogen-bond donors (Lipinski definition) is 1. The Kier molecular flexibility index (Phi) is 5.84. The molecule has 1 N–H and O–H groups in total. The molecular formula is C12H13ClN2S. The summed E-state index contributed by atoms with van der Waals surface area (Å²) in [7, 11) is 0. The fraction of sp³-hybridized carbons (Fsp3) is 0.250. The largest absolute Gasteiger partial charge is 0.383 e. The third-order valence-electron chi connectivity index (χ3n) is 1.90. The SMILES string of the molecule is C=CCSCCNc1ccc(C#N)cc1Cl. The first kappa shape index (κ1) is 13.0. The van der Waals surface area contributed by atoms with Crippen LogP contribution in [-0.2, 0) is 0 Å². The third kappa shape index (κ3) is 4.18. The van der Waals surface area contributed by atoms with Gasteiger partial charge in [0, 0.05) is 18.1 Å². The number of thioether (sulfide) groups is 1. The van der Waals surface area contributed by atoms with Crippen molar-refractivity contribution < 1.29 is 0 Å². The maximum Gasteiger partial charge on any atom is 0.0992 e. The first-order valence-corrected chi connectivity index (χ1v) is 6.43. The third-order valence-corrected chi connectivity index (χ3v) is 3.17. The molecule has 0 atom stereocenters. The van der Waals surface area contributed by atoms with Crippen molar-refractivity contribution in [1.29, 1.82) is 5.26 Å². The van der Waals surface area contributed by atoms with Crippen molar-refractivity contribution in [2.75, 3.05) is 23.4 Å². The van der Waals surface area contributed by atoms with Gasteiger partial charge in [-0.15, -0.1) is 6.58 Å². The van der Waals surface area contributed by atoms with E-state index in [1.807, 2.05) is 23.9 Å². The molecular weight excluding hydrogens is 240 g/mol. The van der Waals surface area contributed by atoms with Crippen LogP contribution in [0.3, 0.4) is 0 Å². The van der Waals surface area contributed by atoms with Gasteiger partial charge in [0.05, 0.1) is 22.3 Å². The van der Waals surface area contributed by atoms with E-state index in [1.54, 1.807) is 12.1 Å². The smallest absolute Gasteiger partial charge is 0.0992 e. The molecule has 0 heterocycles. The molecule has 0 fully saturated rings. The molecule has 0 aliphatic heterocycles. The highest BCUT2D eigenvalue weighted by atomic mass is 35.5. The summed E-state index contributed by atoms with van der Waals surface area (Å²) in [6.07, 6.45) is 1.89. The Morgan fingerprint density at radius 3 is 3.00 bits per heavy atom. The van der Waals surface area contributed by atoms with Gasteiger partial charge in [0.15, 0.2) is 0 Å². The van der Waals surface area contributed by atoms with Crippen molar-refractivity contribution in [3.8, 4) is 6.07 Å². The van der Waals surface area contributed by atoms with Crippen molar-refractivity contribution in [2.45, 2.75) is 0 Å². The second-order valence-electron chi connectivity index (χ2n) is 3.10. The number of hydrogen-bond acceptors (Lipinski definition) is 3. The maximum atomic E-state index is 8.68. The second kappa shape index (κ2) is 7.21. The van der Waals surface area contributed by atoms with Crippen LogP contribution in [0.5, 0.6) is 0 Å². The Bertz CT molecular complexity index is 398. The van der Waals surface area contributed by atoms with Crippen LogP contribution in [0.25, 0.3) is 0 Å². The quantitative estimate of drug-likeness (QED) is 0.621. The van der Waals surface area contributed by atoms with Crippen LogP contribution in [-0.4, -0.2) is 18.1 Å². The summed E-state index contributed by atoms with van der Waals surface area (Å²) in [6, 6.07) is 7.31. The fourth-order valence-electron chi connectivity index (χ4n) is 1.15. The minimum atomic E-state index is 0.580. The summed E-state index contributed by atoms with van der Waals surface area (Å²) in [5.41, 5.74) is 1.46. The normalized spacial score (nSPS) is 9.50. The van der Waals surface area contributed by atoms with Crippen molar-refractivity contribution in [2.24, 2.45) is 0 Å². The van der Waals surface area contributed by atoms with Crippen LogP contribution in [0, 0.1) is 11.3 Å². The number of nitrogens with one attached hydrogen (secondary N) is 1. The van der Waals surface area contributed by atoms with E-state index in [1.165, 1.54) is 0 Å². The molecule has 0 saturated heterocycles. The van der Waals surface area contributed by atoms with Crippen molar-refractivity contribution in [1.82, 2.24) is 0 Å². The van der Waals surface area contributed by atoms with Crippen molar-refractivity contribution in [3.63, 3.8) is 0 Å². The zero-order valence-electron chi connectivity index (χ0n) is 8.87. The molecule has 0 bridgehead atoms. The topological polar surface area (TPSA) is 35.8 Å². The summed E-state index contributed by atoms with van der Waals surface area (Å²) < 4.78 is 0. The van der Waals surface area contributed by atoms with Gasteiger partial charge in [-0.1, -0.05) is 17.7 Å². The summed E-state index contributed by atoms with van der Waals surface area (Å²) >= 11 is 7.82. The molecule has 1 rings (SSSR count). The van der Waals surface area contributed by atoms with E-state index in [9.17, 15) is 0 Å². The lowest BCUT2D eigenvalue weighted by Crippen LogP contribution is -2.04. The van der Waals surface area contributed by atoms with E-state index in [0.717, 1.165) is 23.7 Å². The van der Waals surface area contributed by atoms with Crippen LogP contribution in [0.4, 0.5) is 5.69 Å². The summed E-state index contributed by atoms with van der Waals surface area (Å²) in [6.45, 7) is 4.51. The summed E-state index contributed by atoms with van der Waals surface area (Å²) in [5, 5.41) is 12.5. The monoisotopic (exact) mass is 252 g/mol. The molecule has 4 heteroatoms. The molecule has 0 spiro atoms. The second-order valence-corrected chi connectivity index (χ2v) is 4.65. The van der Waals surface area contributed by atoms with Crippen LogP contribution in [0.1, 0.15) is 5.56 Å². The number of rotatable bonds is 6. The maximum absolute atomic E-state index is 8.68. The van der Waals surface area contributed by atoms with Crippen LogP contribution >= 0.6 is 23.4 Å². The minimum absolute atomic E-state index is 0.580. The Labute approximate surface area is 105 Å². The van der Waals surface area contributed by atoms with Crippen LogP contribution < -0.4 is 5.32 Å². The van der Waals surface area contributed by atoms with Crippen molar-refractivity contribution >= 4 is 29.1 Å². The molecule has 84 valence electrons. The standard InChI is InChI=1S/C12H13ClN2S/c1-2-6-16-7-5-15-12-4-3-10(9-14)8-11(12)13/h2-4,8,15H,1,5-7H2. The molecule has 1 aromatic rings. The zero-order valence-corrected chi connectivity index (χ0v) is 10.4. The number of nitrogens with zero attached hydrogens (tertiary/aromatic N) is 1. The molecule has 0 aliphatic carbocycles. The lowest BCUT2D eigenvalue weighted by atomic mass is 10.2. The molecule has 0 unspecified atom stereocenters. The average molecular weight is 253 g/mol. The molecule has 1 aromatic carbocycles. The van der Waals surface area contributed by atoms with Crippen LogP contribution in [0.15, 0.2) is 30.9 Å². The average Bonchev–Trinajstić information content (AvgIpc) is 2.30. The Hall–Kier alpha value is -1.11. The molecule has 0 aromatic heterocycles. The van der Waals surface area contributed by atoms with Crippen molar-refractivity contribution in [3.05, 3.63) is 41.4 Å². The minimum Gasteiger partial charge on any atom is -0.383 e. The molecule has 0 amide bonds. The summed E-state index contributed by atoms with van der Waals surface area (Å²) in [5.74, 6) is 1.96. The predicted molar refractivity (Wildman–Crippen MR) is 72.2 cm³/mol. The molecule has 0 aliphatic rings. The Balaban J connectivity index is 2.43. The van der Waals surface area contributed by atoms with Gasteiger partial charge in [-0.25, -0.2) is 0 Å². The van der Waals surface area contributed by atoms with Crippen LogP contribution in [0.2, 0.25) is 5.02 Å². The van der Waals surface area contributed by atoms with Gasteiger partial charge in [-0.3, -0.25) is 0 Å². The van der Waals surface area contributed by atoms with Gasteiger partial charge >= 0.3 is 0 Å². The fourth-order valence-corrected chi connectivity index (χ4v) is 1.98. The molecule has 16 heavy (non-hydrogen) atoms. The number of halogens is 1. The highest BCUT2D eigenvalue weighted by Gasteiger charge is 2.00. The van der Waals surface area contributed by atoms with E-state index in [2.05, 4.69) is 18.0 Å². The number of benzene rings is 1. The van der Waals surface area contributed by atoms with Gasteiger partial charge < -0.3 is 5.32 Å². The predicted octanol–water partition coefficient (Wildman–Crippen LogP) is 3.54. The van der Waals surface area contributed by atoms with Gasteiger partial charge in [0.1, 0.15) is 0 Å². The highest BCUT2D eigenvalue weighted by Crippen LogP contribution is 2.22. The van der Waals surface area contributed by atoms with Gasteiger partial charge in [-0.05, 0) is 18.2 Å². The summed E-state index contributed by atoms with van der Waals surface area (Å²) in [4.78, 5) is 0. The first-order chi connectivity index (χ1) is 7.77. The van der Waals surface area contributed by atoms with Gasteiger partial charge in [-0.2, -0.15) is 17.0 Å². The highest BCUT2D eigenvalue weighted by molar-refractivity contribution is 7.99. The van der Waals surface area contributed by atoms with E-state index in [0.29, 0.717) is 10.6 Å². The lowest BCUT2D eigenvalue weighted by molar-refractivity contribution is 1.23. The van der Waals surface area contributed by atoms with E-state index >= 15 is 0 Å². The Morgan fingerprint density at radius 1 is 1.56 bits per heavy atom. The Morgan fingerprint density at radius 2 is 2.38 bits per heavy atom.